The molecule has 8 heteroatoms. The molecule has 0 bridgehead atoms. The quantitative estimate of drug-likeness (QED) is 0.416. The summed E-state index contributed by atoms with van der Waals surface area (Å²) in [5.74, 6) is -0.447. The van der Waals surface area contributed by atoms with Crippen molar-refractivity contribution in [3.05, 3.63) is 51.8 Å². The fourth-order valence-corrected chi connectivity index (χ4v) is 3.43. The Balaban J connectivity index is 1.80. The second-order valence-corrected chi connectivity index (χ2v) is 6.96. The molecular formula is C22H22N6O2. The lowest BCUT2D eigenvalue weighted by Crippen LogP contribution is -2.32. The van der Waals surface area contributed by atoms with Crippen molar-refractivity contribution in [3.8, 4) is 12.1 Å². The smallest absolute Gasteiger partial charge is 0.256 e. The minimum Gasteiger partial charge on any atom is -0.358 e. The van der Waals surface area contributed by atoms with Crippen molar-refractivity contribution in [1.82, 2.24) is 15.6 Å². The Bertz CT molecular complexity index is 1110. The molecule has 0 radical (unpaired) electrons. The number of carbonyl (C=O) groups excluding carboxylic acids is 2. The van der Waals surface area contributed by atoms with Crippen LogP contribution in [0.1, 0.15) is 44.9 Å². The summed E-state index contributed by atoms with van der Waals surface area (Å²) in [7, 11) is 0. The Hall–Kier alpha value is -3.88. The van der Waals surface area contributed by atoms with E-state index in [2.05, 4.69) is 33.1 Å². The molecule has 1 aliphatic rings. The summed E-state index contributed by atoms with van der Waals surface area (Å²) >= 11 is 0. The van der Waals surface area contributed by atoms with Crippen molar-refractivity contribution in [2.45, 2.75) is 20.3 Å². The summed E-state index contributed by atoms with van der Waals surface area (Å²) in [5, 5.41) is 26.4. The highest BCUT2D eigenvalue weighted by atomic mass is 16.2. The molecule has 1 aromatic heterocycles. The number of aromatic amines is 1. The molecule has 0 fully saturated rings. The average Bonchev–Trinajstić information content (AvgIpc) is 3.19. The number of carbonyl (C=O) groups is 2. The third kappa shape index (κ3) is 4.24. The molecule has 0 saturated carbocycles. The number of hydrogen-bond donors (Lipinski definition) is 4. The summed E-state index contributed by atoms with van der Waals surface area (Å²) in [6, 6.07) is 9.18. The standard InChI is InChI=1S/C22H22N6O2/c1-13-19(11-17-16-10-15(12-24)4-5-18(16)28-21(17)29)27-14(2)20(13)22(30)26-9-8-25-7-3-6-23/h4-5,10-11,25,27H,3,7-9H2,1-2H3,(H,26,30)(H,28,29)/b17-11-. The van der Waals surface area contributed by atoms with Gasteiger partial charge in [0.25, 0.3) is 11.8 Å². The number of anilines is 1. The van der Waals surface area contributed by atoms with Crippen LogP contribution in [0.4, 0.5) is 5.69 Å². The Morgan fingerprint density at radius 3 is 2.73 bits per heavy atom. The number of benzene rings is 1. The van der Waals surface area contributed by atoms with Gasteiger partial charge in [-0.3, -0.25) is 9.59 Å². The van der Waals surface area contributed by atoms with Crippen LogP contribution < -0.4 is 16.0 Å². The highest BCUT2D eigenvalue weighted by molar-refractivity contribution is 6.35. The van der Waals surface area contributed by atoms with Crippen LogP contribution in [0.2, 0.25) is 0 Å². The van der Waals surface area contributed by atoms with Crippen LogP contribution in [0.15, 0.2) is 18.2 Å². The van der Waals surface area contributed by atoms with E-state index in [0.29, 0.717) is 65.4 Å². The molecule has 0 atom stereocenters. The van der Waals surface area contributed by atoms with Gasteiger partial charge in [-0.05, 0) is 43.7 Å². The van der Waals surface area contributed by atoms with Crippen LogP contribution in [-0.4, -0.2) is 36.4 Å². The highest BCUT2D eigenvalue weighted by Crippen LogP contribution is 2.34. The largest absolute Gasteiger partial charge is 0.358 e. The number of amides is 2. The molecule has 1 aromatic carbocycles. The molecule has 4 N–H and O–H groups in total. The van der Waals surface area contributed by atoms with Gasteiger partial charge in [-0.25, -0.2) is 0 Å². The molecule has 0 saturated heterocycles. The van der Waals surface area contributed by atoms with E-state index < -0.39 is 0 Å². The van der Waals surface area contributed by atoms with Crippen LogP contribution >= 0.6 is 0 Å². The van der Waals surface area contributed by atoms with Crippen LogP contribution in [0, 0.1) is 36.5 Å². The Morgan fingerprint density at radius 1 is 1.20 bits per heavy atom. The molecule has 0 aliphatic carbocycles. The molecule has 0 spiro atoms. The molecular weight excluding hydrogens is 380 g/mol. The third-order valence-corrected chi connectivity index (χ3v) is 4.92. The number of rotatable bonds is 7. The van der Waals surface area contributed by atoms with Crippen molar-refractivity contribution < 1.29 is 9.59 Å². The van der Waals surface area contributed by atoms with Gasteiger partial charge in [0, 0.05) is 48.7 Å². The number of aromatic nitrogens is 1. The van der Waals surface area contributed by atoms with E-state index in [1.54, 1.807) is 24.3 Å². The van der Waals surface area contributed by atoms with Crippen molar-refractivity contribution in [2.24, 2.45) is 0 Å². The average molecular weight is 402 g/mol. The first-order valence-electron chi connectivity index (χ1n) is 9.59. The first-order chi connectivity index (χ1) is 14.5. The lowest BCUT2D eigenvalue weighted by molar-refractivity contribution is -0.110. The van der Waals surface area contributed by atoms with Gasteiger partial charge >= 0.3 is 0 Å². The first kappa shape index (κ1) is 20.8. The Kier molecular flexibility index (Phi) is 6.31. The molecule has 152 valence electrons. The van der Waals surface area contributed by atoms with Crippen molar-refractivity contribution in [3.63, 3.8) is 0 Å². The van der Waals surface area contributed by atoms with Gasteiger partial charge in [-0.2, -0.15) is 10.5 Å². The normalized spacial score (nSPS) is 13.5. The maximum absolute atomic E-state index is 12.6. The van der Waals surface area contributed by atoms with Crippen LogP contribution in [-0.2, 0) is 4.79 Å². The lowest BCUT2D eigenvalue weighted by Gasteiger charge is -2.06. The molecule has 30 heavy (non-hydrogen) atoms. The molecule has 2 amide bonds. The fraction of sp³-hybridized carbons (Fsp3) is 0.273. The van der Waals surface area contributed by atoms with Gasteiger partial charge in [0.2, 0.25) is 0 Å². The van der Waals surface area contributed by atoms with Gasteiger partial charge in [0.15, 0.2) is 0 Å². The summed E-state index contributed by atoms with van der Waals surface area (Å²) in [6.07, 6.45) is 2.14. The molecule has 2 aromatic rings. The molecule has 2 heterocycles. The van der Waals surface area contributed by atoms with E-state index >= 15 is 0 Å². The fourth-order valence-electron chi connectivity index (χ4n) is 3.43. The van der Waals surface area contributed by atoms with Gasteiger partial charge in [-0.15, -0.1) is 0 Å². The summed E-state index contributed by atoms with van der Waals surface area (Å²) in [6.45, 7) is 5.24. The van der Waals surface area contributed by atoms with Gasteiger partial charge in [0.1, 0.15) is 0 Å². The Labute approximate surface area is 174 Å². The summed E-state index contributed by atoms with van der Waals surface area (Å²) in [5.41, 5.74) is 4.91. The number of nitrogens with one attached hydrogen (secondary N) is 4. The zero-order chi connectivity index (χ0) is 21.7. The van der Waals surface area contributed by atoms with E-state index in [9.17, 15) is 9.59 Å². The molecule has 3 rings (SSSR count). The minimum absolute atomic E-state index is 0.198. The maximum atomic E-state index is 12.6. The maximum Gasteiger partial charge on any atom is 0.256 e. The van der Waals surface area contributed by atoms with E-state index in [-0.39, 0.29) is 11.8 Å². The van der Waals surface area contributed by atoms with Gasteiger partial charge in [0.05, 0.1) is 28.8 Å². The van der Waals surface area contributed by atoms with E-state index in [4.69, 9.17) is 10.5 Å². The lowest BCUT2D eigenvalue weighted by atomic mass is 10.0. The van der Waals surface area contributed by atoms with Crippen molar-refractivity contribution in [2.75, 3.05) is 25.0 Å². The Morgan fingerprint density at radius 2 is 2.00 bits per heavy atom. The van der Waals surface area contributed by atoms with E-state index in [0.717, 1.165) is 5.56 Å². The second-order valence-electron chi connectivity index (χ2n) is 6.96. The number of H-pyrrole nitrogens is 1. The SMILES string of the molecule is Cc1[nH]c(/C=C2\C(=O)Nc3ccc(C#N)cc32)c(C)c1C(=O)NCCNCCC#N. The van der Waals surface area contributed by atoms with E-state index in [1.165, 1.54) is 0 Å². The number of nitrogens with zero attached hydrogens (tertiary/aromatic N) is 2. The molecule has 0 unspecified atom stereocenters. The predicted octanol–water partition coefficient (Wildman–Crippen LogP) is 2.23. The minimum atomic E-state index is -0.249. The van der Waals surface area contributed by atoms with Gasteiger partial charge < -0.3 is 20.9 Å². The summed E-state index contributed by atoms with van der Waals surface area (Å²) < 4.78 is 0. The number of nitriles is 2. The zero-order valence-electron chi connectivity index (χ0n) is 16.8. The number of fused-ring (bicyclic) bond motifs is 1. The van der Waals surface area contributed by atoms with Crippen LogP contribution in [0.5, 0.6) is 0 Å². The van der Waals surface area contributed by atoms with Gasteiger partial charge in [-0.1, -0.05) is 0 Å². The number of aryl methyl sites for hydroxylation is 1. The van der Waals surface area contributed by atoms with Crippen molar-refractivity contribution >= 4 is 29.2 Å². The molecule has 1 aliphatic heterocycles. The first-order valence-corrected chi connectivity index (χ1v) is 9.59. The number of hydrogen-bond acceptors (Lipinski definition) is 5. The van der Waals surface area contributed by atoms with Crippen LogP contribution in [0.3, 0.4) is 0 Å². The topological polar surface area (TPSA) is 134 Å². The van der Waals surface area contributed by atoms with Crippen molar-refractivity contribution in [1.29, 1.82) is 10.5 Å². The monoisotopic (exact) mass is 402 g/mol. The third-order valence-electron chi connectivity index (χ3n) is 4.92. The van der Waals surface area contributed by atoms with E-state index in [1.807, 2.05) is 13.8 Å². The molecule has 8 nitrogen and oxygen atoms in total. The zero-order valence-corrected chi connectivity index (χ0v) is 16.8. The summed E-state index contributed by atoms with van der Waals surface area (Å²) in [4.78, 5) is 28.2. The predicted molar refractivity (Wildman–Crippen MR) is 113 cm³/mol. The highest BCUT2D eigenvalue weighted by Gasteiger charge is 2.26. The van der Waals surface area contributed by atoms with Crippen LogP contribution in [0.25, 0.3) is 11.6 Å². The second kappa shape index (κ2) is 9.08.